The second-order valence-electron chi connectivity index (χ2n) is 6.53. The van der Waals surface area contributed by atoms with Crippen LogP contribution in [0.15, 0.2) is 24.3 Å². The lowest BCUT2D eigenvalue weighted by atomic mass is 9.98. The molecule has 1 unspecified atom stereocenters. The largest absolute Gasteiger partial charge is 0.573 e. The minimum absolute atomic E-state index is 0.0284. The van der Waals surface area contributed by atoms with E-state index in [9.17, 15) is 18.0 Å². The summed E-state index contributed by atoms with van der Waals surface area (Å²) in [6, 6.07) is 5.90. The highest BCUT2D eigenvalue weighted by Crippen LogP contribution is 2.31. The number of halogens is 3. The predicted octanol–water partition coefficient (Wildman–Crippen LogP) is 4.31. The first kappa shape index (κ1) is 17.4. The lowest BCUT2D eigenvalue weighted by Gasteiger charge is -2.24. The zero-order valence-corrected chi connectivity index (χ0v) is 13.3. The highest BCUT2D eigenvalue weighted by Gasteiger charge is 2.33. The van der Waals surface area contributed by atoms with Crippen LogP contribution in [0, 0.1) is 0 Å². The first-order valence-corrected chi connectivity index (χ1v) is 7.37. The highest BCUT2D eigenvalue weighted by molar-refractivity contribution is 5.68. The summed E-state index contributed by atoms with van der Waals surface area (Å²) in [6.07, 6.45) is -4.44. The zero-order valence-electron chi connectivity index (χ0n) is 13.3. The average molecular weight is 331 g/mol. The van der Waals surface area contributed by atoms with Gasteiger partial charge in [0, 0.05) is 19.0 Å². The number of likely N-dealkylation sites (tertiary alicyclic amines) is 1. The van der Waals surface area contributed by atoms with Crippen molar-refractivity contribution in [3.05, 3.63) is 29.8 Å². The molecule has 2 rings (SSSR count). The minimum Gasteiger partial charge on any atom is -0.444 e. The molecule has 1 heterocycles. The summed E-state index contributed by atoms with van der Waals surface area (Å²) in [6.45, 7) is 6.30. The van der Waals surface area contributed by atoms with Crippen LogP contribution in [0.3, 0.4) is 0 Å². The Kier molecular flexibility index (Phi) is 4.77. The Bertz CT molecular complexity index is 566. The van der Waals surface area contributed by atoms with Gasteiger partial charge >= 0.3 is 12.5 Å². The first-order chi connectivity index (χ1) is 10.5. The lowest BCUT2D eigenvalue weighted by Crippen LogP contribution is -2.35. The fourth-order valence-electron chi connectivity index (χ4n) is 2.49. The number of benzene rings is 1. The molecule has 1 amide bonds. The Hall–Kier alpha value is -1.92. The number of ether oxygens (including phenoxy) is 2. The number of rotatable bonds is 2. The van der Waals surface area contributed by atoms with Crippen LogP contribution in [0.25, 0.3) is 0 Å². The number of carbonyl (C=O) groups is 1. The van der Waals surface area contributed by atoms with Crippen molar-refractivity contribution in [1.82, 2.24) is 4.90 Å². The molecular weight excluding hydrogens is 311 g/mol. The molecule has 1 aromatic rings. The third-order valence-corrected chi connectivity index (χ3v) is 3.40. The van der Waals surface area contributed by atoms with Gasteiger partial charge in [-0.25, -0.2) is 4.79 Å². The fraction of sp³-hybridized carbons (Fsp3) is 0.562. The van der Waals surface area contributed by atoms with E-state index in [1.54, 1.807) is 31.7 Å². The predicted molar refractivity (Wildman–Crippen MR) is 78.3 cm³/mol. The van der Waals surface area contributed by atoms with Gasteiger partial charge in [0.15, 0.2) is 0 Å². The number of alkyl halides is 3. The number of hydrogen-bond donors (Lipinski definition) is 0. The van der Waals surface area contributed by atoms with Crippen LogP contribution in [0.2, 0.25) is 0 Å². The van der Waals surface area contributed by atoms with Gasteiger partial charge in [-0.15, -0.1) is 13.2 Å². The van der Waals surface area contributed by atoms with Gasteiger partial charge in [-0.3, -0.25) is 0 Å². The minimum atomic E-state index is -4.71. The summed E-state index contributed by atoms with van der Waals surface area (Å²) in [4.78, 5) is 13.6. The van der Waals surface area contributed by atoms with Gasteiger partial charge in [-0.05, 0) is 44.9 Å². The molecule has 0 spiro atoms. The quantitative estimate of drug-likeness (QED) is 0.810. The summed E-state index contributed by atoms with van der Waals surface area (Å²) in [7, 11) is 0. The second-order valence-corrected chi connectivity index (χ2v) is 6.53. The molecule has 0 N–H and O–H groups in total. The van der Waals surface area contributed by atoms with Crippen molar-refractivity contribution in [2.24, 2.45) is 0 Å². The number of carbonyl (C=O) groups excluding carboxylic acids is 1. The Morgan fingerprint density at radius 2 is 1.96 bits per heavy atom. The van der Waals surface area contributed by atoms with Crippen LogP contribution < -0.4 is 4.74 Å². The van der Waals surface area contributed by atoms with E-state index in [0.717, 1.165) is 5.56 Å². The van der Waals surface area contributed by atoms with Gasteiger partial charge in [0.1, 0.15) is 11.4 Å². The van der Waals surface area contributed by atoms with Gasteiger partial charge in [-0.1, -0.05) is 12.1 Å². The third-order valence-electron chi connectivity index (χ3n) is 3.40. The van der Waals surface area contributed by atoms with Crippen LogP contribution in [-0.4, -0.2) is 36.0 Å². The van der Waals surface area contributed by atoms with E-state index in [-0.39, 0.29) is 11.7 Å². The van der Waals surface area contributed by atoms with E-state index in [4.69, 9.17) is 4.74 Å². The van der Waals surface area contributed by atoms with Crippen molar-refractivity contribution in [1.29, 1.82) is 0 Å². The van der Waals surface area contributed by atoms with Gasteiger partial charge in [0.2, 0.25) is 0 Å². The summed E-state index contributed by atoms with van der Waals surface area (Å²) in [5.74, 6) is -0.273. The summed E-state index contributed by atoms with van der Waals surface area (Å²) in [5.41, 5.74) is 0.146. The van der Waals surface area contributed by atoms with E-state index >= 15 is 0 Å². The molecule has 1 fully saturated rings. The van der Waals surface area contributed by atoms with Crippen molar-refractivity contribution in [2.75, 3.05) is 13.1 Å². The van der Waals surface area contributed by atoms with E-state index in [1.165, 1.54) is 18.2 Å². The molecule has 1 aromatic carbocycles. The molecule has 0 radical (unpaired) electrons. The van der Waals surface area contributed by atoms with E-state index in [1.807, 2.05) is 0 Å². The average Bonchev–Trinajstić information content (AvgIpc) is 2.84. The van der Waals surface area contributed by atoms with Crippen LogP contribution in [0.5, 0.6) is 5.75 Å². The van der Waals surface area contributed by atoms with Gasteiger partial charge in [-0.2, -0.15) is 0 Å². The zero-order chi connectivity index (χ0) is 17.3. The molecule has 0 aromatic heterocycles. The Morgan fingerprint density at radius 3 is 2.57 bits per heavy atom. The Labute approximate surface area is 133 Å². The molecule has 0 bridgehead atoms. The number of hydrogen-bond acceptors (Lipinski definition) is 3. The molecule has 7 heteroatoms. The maximum Gasteiger partial charge on any atom is 0.573 e. The SMILES string of the molecule is CC(C)(C)OC(=O)N1CCC(c2cccc(OC(F)(F)F)c2)C1. The third kappa shape index (κ3) is 5.33. The van der Waals surface area contributed by atoms with Crippen molar-refractivity contribution >= 4 is 6.09 Å². The molecule has 1 saturated heterocycles. The monoisotopic (exact) mass is 331 g/mol. The molecule has 1 atom stereocenters. The Balaban J connectivity index is 2.02. The maximum atomic E-state index is 12.3. The van der Waals surface area contributed by atoms with Gasteiger partial charge in [0.25, 0.3) is 0 Å². The summed E-state index contributed by atoms with van der Waals surface area (Å²) in [5, 5.41) is 0. The van der Waals surface area contributed by atoms with Gasteiger partial charge in [0.05, 0.1) is 0 Å². The van der Waals surface area contributed by atoms with Gasteiger partial charge < -0.3 is 14.4 Å². The van der Waals surface area contributed by atoms with E-state index in [0.29, 0.717) is 19.5 Å². The standard InChI is InChI=1S/C16H20F3NO3/c1-15(2,3)23-14(21)20-8-7-12(10-20)11-5-4-6-13(9-11)22-16(17,18)19/h4-6,9,12H,7-8,10H2,1-3H3. The van der Waals surface area contributed by atoms with Crippen LogP contribution in [0.4, 0.5) is 18.0 Å². The smallest absolute Gasteiger partial charge is 0.444 e. The van der Waals surface area contributed by atoms with Crippen LogP contribution in [0.1, 0.15) is 38.7 Å². The Morgan fingerprint density at radius 1 is 1.26 bits per heavy atom. The lowest BCUT2D eigenvalue weighted by molar-refractivity contribution is -0.274. The van der Waals surface area contributed by atoms with Crippen LogP contribution in [-0.2, 0) is 4.74 Å². The molecule has 128 valence electrons. The van der Waals surface area contributed by atoms with Crippen molar-refractivity contribution in [2.45, 2.75) is 45.1 Å². The second kappa shape index (κ2) is 6.29. The normalized spacial score (nSPS) is 18.9. The molecule has 0 aliphatic carbocycles. The van der Waals surface area contributed by atoms with Crippen molar-refractivity contribution in [3.8, 4) is 5.75 Å². The summed E-state index contributed by atoms with van der Waals surface area (Å²) < 4.78 is 46.1. The summed E-state index contributed by atoms with van der Waals surface area (Å²) >= 11 is 0. The topological polar surface area (TPSA) is 38.8 Å². The first-order valence-electron chi connectivity index (χ1n) is 7.37. The van der Waals surface area contributed by atoms with Crippen molar-refractivity contribution in [3.63, 3.8) is 0 Å². The molecular formula is C16H20F3NO3. The maximum absolute atomic E-state index is 12.3. The van der Waals surface area contributed by atoms with E-state index in [2.05, 4.69) is 4.74 Å². The fourth-order valence-corrected chi connectivity index (χ4v) is 2.49. The number of nitrogens with zero attached hydrogens (tertiary/aromatic N) is 1. The number of amides is 1. The molecule has 1 aliphatic rings. The molecule has 1 aliphatic heterocycles. The molecule has 4 nitrogen and oxygen atoms in total. The highest BCUT2D eigenvalue weighted by atomic mass is 19.4. The van der Waals surface area contributed by atoms with E-state index < -0.39 is 18.1 Å². The molecule has 0 saturated carbocycles. The molecule has 23 heavy (non-hydrogen) atoms. The van der Waals surface area contributed by atoms with Crippen LogP contribution >= 0.6 is 0 Å². The van der Waals surface area contributed by atoms with Crippen molar-refractivity contribution < 1.29 is 27.4 Å².